The topological polar surface area (TPSA) is 67.9 Å². The van der Waals surface area contributed by atoms with Gasteiger partial charge in [-0.05, 0) is 54.8 Å². The van der Waals surface area contributed by atoms with Gasteiger partial charge in [0, 0.05) is 23.8 Å². The van der Waals surface area contributed by atoms with Gasteiger partial charge in [0.15, 0.2) is 6.61 Å². The second-order valence-corrected chi connectivity index (χ2v) is 7.10. The molecule has 0 atom stereocenters. The third kappa shape index (κ3) is 4.63. The third-order valence-corrected chi connectivity index (χ3v) is 4.68. The van der Waals surface area contributed by atoms with Crippen molar-refractivity contribution in [2.75, 3.05) is 30.5 Å². The van der Waals surface area contributed by atoms with Crippen LogP contribution in [0.3, 0.4) is 0 Å². The van der Waals surface area contributed by atoms with Crippen molar-refractivity contribution < 1.29 is 19.1 Å². The normalized spacial score (nSPS) is 13.1. The Bertz CT molecular complexity index is 846. The van der Waals surface area contributed by atoms with Crippen LogP contribution in [0.2, 0.25) is 0 Å². The van der Waals surface area contributed by atoms with Crippen LogP contribution in [-0.4, -0.2) is 32.1 Å². The van der Waals surface area contributed by atoms with Gasteiger partial charge in [-0.15, -0.1) is 0 Å². The molecule has 28 heavy (non-hydrogen) atoms. The number of hydrogen-bond donors (Lipinski definition) is 1. The summed E-state index contributed by atoms with van der Waals surface area (Å²) in [5, 5.41) is 2.85. The molecule has 0 saturated carbocycles. The van der Waals surface area contributed by atoms with Crippen molar-refractivity contribution in [1.82, 2.24) is 0 Å². The number of amides is 2. The van der Waals surface area contributed by atoms with Crippen molar-refractivity contribution in [1.29, 1.82) is 0 Å². The molecule has 1 aliphatic heterocycles. The Labute approximate surface area is 165 Å². The van der Waals surface area contributed by atoms with E-state index in [-0.39, 0.29) is 24.3 Å². The molecular weight excluding hydrogens is 356 g/mol. The molecule has 1 heterocycles. The van der Waals surface area contributed by atoms with Gasteiger partial charge in [-0.3, -0.25) is 9.59 Å². The van der Waals surface area contributed by atoms with E-state index in [4.69, 9.17) is 9.47 Å². The fourth-order valence-corrected chi connectivity index (χ4v) is 3.21. The molecule has 0 bridgehead atoms. The minimum Gasteiger partial charge on any atom is -0.497 e. The van der Waals surface area contributed by atoms with Gasteiger partial charge in [0.05, 0.1) is 7.11 Å². The van der Waals surface area contributed by atoms with Crippen molar-refractivity contribution in [2.45, 2.75) is 26.7 Å². The smallest absolute Gasteiger partial charge is 0.262 e. The molecule has 0 unspecified atom stereocenters. The van der Waals surface area contributed by atoms with Crippen LogP contribution >= 0.6 is 0 Å². The zero-order chi connectivity index (χ0) is 20.1. The van der Waals surface area contributed by atoms with Crippen LogP contribution in [0, 0.1) is 5.92 Å². The largest absolute Gasteiger partial charge is 0.497 e. The molecule has 2 amide bonds. The monoisotopic (exact) mass is 382 g/mol. The molecule has 0 fully saturated rings. The zero-order valence-electron chi connectivity index (χ0n) is 16.5. The van der Waals surface area contributed by atoms with E-state index in [1.165, 1.54) is 0 Å². The standard InChI is InChI=1S/C22H26N2O4/c1-15(2)22(26)24-12-4-5-16-6-7-17(13-20(16)24)23-21(25)14-28-19-10-8-18(27-3)9-11-19/h6-11,13,15H,4-5,12,14H2,1-3H3,(H,23,25). The molecule has 0 spiro atoms. The second kappa shape index (κ2) is 8.78. The summed E-state index contributed by atoms with van der Waals surface area (Å²) >= 11 is 0. The SMILES string of the molecule is COc1ccc(OCC(=O)Nc2ccc3c(c2)N(C(=O)C(C)C)CCC3)cc1. The van der Waals surface area contributed by atoms with E-state index in [0.717, 1.165) is 29.8 Å². The molecule has 2 aromatic rings. The number of carbonyl (C=O) groups excluding carboxylic acids is 2. The highest BCUT2D eigenvalue weighted by Gasteiger charge is 2.24. The summed E-state index contributed by atoms with van der Waals surface area (Å²) in [4.78, 5) is 26.6. The summed E-state index contributed by atoms with van der Waals surface area (Å²) in [6, 6.07) is 12.8. The lowest BCUT2D eigenvalue weighted by atomic mass is 9.99. The Kier molecular flexibility index (Phi) is 6.19. The highest BCUT2D eigenvalue weighted by Crippen LogP contribution is 2.31. The van der Waals surface area contributed by atoms with Crippen molar-refractivity contribution in [3.05, 3.63) is 48.0 Å². The minimum atomic E-state index is -0.256. The Morgan fingerprint density at radius 1 is 1.11 bits per heavy atom. The van der Waals surface area contributed by atoms with Gasteiger partial charge in [0.1, 0.15) is 11.5 Å². The molecule has 0 radical (unpaired) electrons. The van der Waals surface area contributed by atoms with Crippen LogP contribution in [-0.2, 0) is 16.0 Å². The highest BCUT2D eigenvalue weighted by atomic mass is 16.5. The number of nitrogens with zero attached hydrogens (tertiary/aromatic N) is 1. The molecule has 0 saturated heterocycles. The third-order valence-electron chi connectivity index (χ3n) is 4.68. The van der Waals surface area contributed by atoms with Gasteiger partial charge in [0.25, 0.3) is 5.91 Å². The van der Waals surface area contributed by atoms with Crippen molar-refractivity contribution in [3.63, 3.8) is 0 Å². The van der Waals surface area contributed by atoms with Gasteiger partial charge in [-0.25, -0.2) is 0 Å². The molecule has 2 aromatic carbocycles. The van der Waals surface area contributed by atoms with E-state index in [2.05, 4.69) is 5.32 Å². The van der Waals surface area contributed by atoms with E-state index in [1.54, 1.807) is 31.4 Å². The van der Waals surface area contributed by atoms with E-state index in [9.17, 15) is 9.59 Å². The summed E-state index contributed by atoms with van der Waals surface area (Å²) in [6.07, 6.45) is 1.89. The Hall–Kier alpha value is -3.02. The van der Waals surface area contributed by atoms with Gasteiger partial charge >= 0.3 is 0 Å². The average molecular weight is 382 g/mol. The molecule has 3 rings (SSSR count). The summed E-state index contributed by atoms with van der Waals surface area (Å²) < 4.78 is 10.6. The summed E-state index contributed by atoms with van der Waals surface area (Å²) in [5.41, 5.74) is 2.68. The Morgan fingerprint density at radius 3 is 2.50 bits per heavy atom. The first-order valence-electron chi connectivity index (χ1n) is 9.49. The first kappa shape index (κ1) is 19.7. The highest BCUT2D eigenvalue weighted by molar-refractivity contribution is 5.98. The molecule has 148 valence electrons. The Balaban J connectivity index is 1.64. The van der Waals surface area contributed by atoms with Crippen molar-refractivity contribution in [2.24, 2.45) is 5.92 Å². The lowest BCUT2D eigenvalue weighted by molar-refractivity contribution is -0.121. The number of rotatable bonds is 6. The van der Waals surface area contributed by atoms with Crippen LogP contribution in [0.15, 0.2) is 42.5 Å². The molecule has 1 N–H and O–H groups in total. The first-order valence-corrected chi connectivity index (χ1v) is 9.49. The number of anilines is 2. The maximum Gasteiger partial charge on any atom is 0.262 e. The molecule has 6 heteroatoms. The number of nitrogens with one attached hydrogen (secondary N) is 1. The molecule has 6 nitrogen and oxygen atoms in total. The molecular formula is C22H26N2O4. The maximum atomic E-state index is 12.5. The number of fused-ring (bicyclic) bond motifs is 1. The summed E-state index contributed by atoms with van der Waals surface area (Å²) in [7, 11) is 1.59. The average Bonchev–Trinajstić information content (AvgIpc) is 2.71. The molecule has 0 aliphatic carbocycles. The lowest BCUT2D eigenvalue weighted by Gasteiger charge is -2.31. The van der Waals surface area contributed by atoms with Crippen LogP contribution < -0.4 is 19.7 Å². The minimum absolute atomic E-state index is 0.0675. The number of carbonyl (C=O) groups is 2. The van der Waals surface area contributed by atoms with E-state index in [1.807, 2.05) is 36.9 Å². The number of methoxy groups -OCH3 is 1. The van der Waals surface area contributed by atoms with E-state index < -0.39 is 0 Å². The van der Waals surface area contributed by atoms with Gasteiger partial charge in [0.2, 0.25) is 5.91 Å². The quantitative estimate of drug-likeness (QED) is 0.828. The van der Waals surface area contributed by atoms with Gasteiger partial charge < -0.3 is 19.7 Å². The van der Waals surface area contributed by atoms with Gasteiger partial charge in [-0.1, -0.05) is 19.9 Å². The summed E-state index contributed by atoms with van der Waals surface area (Å²) in [5.74, 6) is 1.10. The molecule has 0 aromatic heterocycles. The molecule has 1 aliphatic rings. The maximum absolute atomic E-state index is 12.5. The zero-order valence-corrected chi connectivity index (χ0v) is 16.5. The summed E-state index contributed by atoms with van der Waals surface area (Å²) in [6.45, 7) is 4.41. The number of aryl methyl sites for hydroxylation is 1. The van der Waals surface area contributed by atoms with Crippen LogP contribution in [0.4, 0.5) is 11.4 Å². The van der Waals surface area contributed by atoms with Crippen molar-refractivity contribution >= 4 is 23.2 Å². The second-order valence-electron chi connectivity index (χ2n) is 7.10. The fourth-order valence-electron chi connectivity index (χ4n) is 3.21. The van der Waals surface area contributed by atoms with Crippen molar-refractivity contribution in [3.8, 4) is 11.5 Å². The lowest BCUT2D eigenvalue weighted by Crippen LogP contribution is -2.38. The first-order chi connectivity index (χ1) is 13.5. The van der Waals surface area contributed by atoms with Crippen LogP contribution in [0.5, 0.6) is 11.5 Å². The number of benzene rings is 2. The number of hydrogen-bond acceptors (Lipinski definition) is 4. The van der Waals surface area contributed by atoms with Crippen LogP contribution in [0.25, 0.3) is 0 Å². The predicted molar refractivity (Wildman–Crippen MR) is 109 cm³/mol. The van der Waals surface area contributed by atoms with Crippen LogP contribution in [0.1, 0.15) is 25.8 Å². The predicted octanol–water partition coefficient (Wildman–Crippen LogP) is 3.65. The van der Waals surface area contributed by atoms with Gasteiger partial charge in [-0.2, -0.15) is 0 Å². The number of ether oxygens (including phenoxy) is 2. The van der Waals surface area contributed by atoms with E-state index in [0.29, 0.717) is 18.0 Å². The Morgan fingerprint density at radius 2 is 1.82 bits per heavy atom. The fraction of sp³-hybridized carbons (Fsp3) is 0.364. The van der Waals surface area contributed by atoms with E-state index >= 15 is 0 Å².